The summed E-state index contributed by atoms with van der Waals surface area (Å²) in [5, 5.41) is 61.7. The third kappa shape index (κ3) is 11.8. The van der Waals surface area contributed by atoms with Gasteiger partial charge in [-0.2, -0.15) is 0 Å². The lowest BCUT2D eigenvalue weighted by Gasteiger charge is -2.43. The topological polar surface area (TPSA) is 223 Å². The first-order valence-corrected chi connectivity index (χ1v) is 15.1. The van der Waals surface area contributed by atoms with Gasteiger partial charge < -0.3 is 68.5 Å². The summed E-state index contributed by atoms with van der Waals surface area (Å²) in [5.41, 5.74) is 0. The highest BCUT2D eigenvalue weighted by Crippen LogP contribution is 2.36. The molecule has 11 unspecified atom stereocenters. The van der Waals surface area contributed by atoms with E-state index in [2.05, 4.69) is 0 Å². The van der Waals surface area contributed by atoms with E-state index in [-0.39, 0.29) is 26.4 Å². The van der Waals surface area contributed by atoms with Crippen LogP contribution >= 0.6 is 7.60 Å². The number of hydrogen-bond acceptors (Lipinski definition) is 14. The molecule has 0 aliphatic carbocycles. The van der Waals surface area contributed by atoms with Gasteiger partial charge in [0, 0.05) is 33.6 Å². The molecule has 11 atom stereocenters. The molecule has 0 amide bonds. The van der Waals surface area contributed by atoms with Crippen molar-refractivity contribution in [3.8, 4) is 0 Å². The highest BCUT2D eigenvalue weighted by molar-refractivity contribution is 7.51. The van der Waals surface area contributed by atoms with E-state index in [1.165, 1.54) is 0 Å². The van der Waals surface area contributed by atoms with Crippen LogP contribution in [-0.4, -0.2) is 150 Å². The van der Waals surface area contributed by atoms with Crippen molar-refractivity contribution in [2.45, 2.75) is 93.5 Å². The molecule has 2 heterocycles. The molecule has 0 aromatic rings. The van der Waals surface area contributed by atoms with Gasteiger partial charge >= 0.3 is 7.60 Å². The summed E-state index contributed by atoms with van der Waals surface area (Å²) in [6.07, 6.45) is -10.9. The van der Waals surface area contributed by atoms with Crippen molar-refractivity contribution in [2.75, 3.05) is 53.4 Å². The van der Waals surface area contributed by atoms with Crippen LogP contribution in [0.15, 0.2) is 0 Å². The molecule has 232 valence electrons. The fourth-order valence-corrected chi connectivity index (χ4v) is 4.51. The Hall–Kier alpha value is -0.330. The van der Waals surface area contributed by atoms with Crippen LogP contribution in [-0.2, 0) is 37.5 Å². The normalized spacial score (nSPS) is 37.1. The minimum Gasteiger partial charge on any atom is -0.387 e. The van der Waals surface area contributed by atoms with Crippen LogP contribution < -0.4 is 0 Å². The predicted octanol–water partition coefficient (Wildman–Crippen LogP) is -1.92. The molecule has 0 radical (unpaired) electrons. The minimum absolute atomic E-state index is 0.0815. The molecular weight excluding hydrogens is 547 g/mol. The Morgan fingerprint density at radius 3 is 1.74 bits per heavy atom. The average molecular weight is 593 g/mol. The number of rotatable bonds is 18. The molecule has 15 nitrogen and oxygen atoms in total. The van der Waals surface area contributed by atoms with Crippen molar-refractivity contribution < 1.29 is 73.0 Å². The molecule has 2 rings (SSSR count). The zero-order valence-corrected chi connectivity index (χ0v) is 23.3. The number of unbranched alkanes of at least 4 members (excludes halogenated alkanes) is 3. The van der Waals surface area contributed by atoms with Gasteiger partial charge in [-0.1, -0.05) is 0 Å². The van der Waals surface area contributed by atoms with Gasteiger partial charge in [-0.3, -0.25) is 4.57 Å². The Morgan fingerprint density at radius 1 is 0.641 bits per heavy atom. The number of ether oxygens (including phenoxy) is 6. The van der Waals surface area contributed by atoms with Crippen molar-refractivity contribution in [1.82, 2.24) is 0 Å². The molecular formula is C23H45O15P. The SMILES string of the molecule is COCCCCCOC1OC(COC2OC(COCCCCOP(C)(=O)O)C(O)C(O)C2O)C(O)C(O)C1O. The van der Waals surface area contributed by atoms with Crippen molar-refractivity contribution >= 4 is 7.60 Å². The lowest BCUT2D eigenvalue weighted by molar-refractivity contribution is -0.331. The second-order valence-corrected chi connectivity index (χ2v) is 11.6. The Kier molecular flexibility index (Phi) is 15.7. The monoisotopic (exact) mass is 592 g/mol. The number of methoxy groups -OCH3 is 1. The molecule has 2 fully saturated rings. The van der Waals surface area contributed by atoms with E-state index in [4.69, 9.17) is 37.8 Å². The quantitative estimate of drug-likeness (QED) is 0.0681. The molecule has 0 saturated carbocycles. The van der Waals surface area contributed by atoms with Crippen LogP contribution in [0.25, 0.3) is 0 Å². The zero-order valence-electron chi connectivity index (χ0n) is 22.4. The number of aliphatic hydroxyl groups is 6. The fourth-order valence-electron chi connectivity index (χ4n) is 4.04. The molecule has 0 aromatic heterocycles. The average Bonchev–Trinajstić information content (AvgIpc) is 2.89. The van der Waals surface area contributed by atoms with Crippen LogP contribution in [0.2, 0.25) is 0 Å². The molecule has 2 saturated heterocycles. The Balaban J connectivity index is 1.80. The van der Waals surface area contributed by atoms with Crippen molar-refractivity contribution in [1.29, 1.82) is 0 Å². The Morgan fingerprint density at radius 2 is 1.15 bits per heavy atom. The van der Waals surface area contributed by atoms with Crippen LogP contribution in [0.3, 0.4) is 0 Å². The van der Waals surface area contributed by atoms with Crippen molar-refractivity contribution in [2.24, 2.45) is 0 Å². The molecule has 16 heteroatoms. The second kappa shape index (κ2) is 17.6. The first kappa shape index (κ1) is 34.9. The van der Waals surface area contributed by atoms with Gasteiger partial charge in [0.2, 0.25) is 0 Å². The predicted molar refractivity (Wildman–Crippen MR) is 133 cm³/mol. The summed E-state index contributed by atoms with van der Waals surface area (Å²) in [5.74, 6) is 0. The summed E-state index contributed by atoms with van der Waals surface area (Å²) in [7, 11) is -1.92. The summed E-state index contributed by atoms with van der Waals surface area (Å²) in [6.45, 7) is 1.70. The maximum Gasteiger partial charge on any atom is 0.325 e. The zero-order chi connectivity index (χ0) is 29.0. The molecule has 0 spiro atoms. The van der Waals surface area contributed by atoms with Gasteiger partial charge in [-0.05, 0) is 32.1 Å². The largest absolute Gasteiger partial charge is 0.387 e. The molecule has 2 aliphatic heterocycles. The van der Waals surface area contributed by atoms with Gasteiger partial charge in [-0.25, -0.2) is 0 Å². The summed E-state index contributed by atoms with van der Waals surface area (Å²) >= 11 is 0. The highest BCUT2D eigenvalue weighted by Gasteiger charge is 2.47. The summed E-state index contributed by atoms with van der Waals surface area (Å²) in [6, 6.07) is 0. The molecule has 2 aliphatic rings. The van der Waals surface area contributed by atoms with E-state index in [9.17, 15) is 35.2 Å². The number of hydrogen-bond donors (Lipinski definition) is 7. The minimum atomic E-state index is -3.53. The van der Waals surface area contributed by atoms with Crippen molar-refractivity contribution in [3.05, 3.63) is 0 Å². The van der Waals surface area contributed by atoms with Crippen LogP contribution in [0.1, 0.15) is 32.1 Å². The van der Waals surface area contributed by atoms with Gasteiger partial charge in [0.1, 0.15) is 48.8 Å². The van der Waals surface area contributed by atoms with E-state index in [1.807, 2.05) is 0 Å². The second-order valence-electron chi connectivity index (χ2n) is 9.71. The van der Waals surface area contributed by atoms with Crippen LogP contribution in [0.5, 0.6) is 0 Å². The molecule has 0 aromatic carbocycles. The van der Waals surface area contributed by atoms with Gasteiger partial charge in [0.05, 0.1) is 19.8 Å². The standard InChI is InChI=1S/C23H45O15P/c1-32-8-4-3-5-10-34-22-20(28)19(27)17(25)15(38-22)13-35-23-21(29)18(26)16(24)14(37-23)12-33-9-6-7-11-36-39(2,30)31/h14-29H,3-13H2,1-2H3,(H,30,31). The van der Waals surface area contributed by atoms with Gasteiger partial charge in [-0.15, -0.1) is 0 Å². The highest BCUT2D eigenvalue weighted by atomic mass is 31.2. The smallest absolute Gasteiger partial charge is 0.325 e. The molecule has 39 heavy (non-hydrogen) atoms. The van der Waals surface area contributed by atoms with Crippen LogP contribution in [0, 0.1) is 0 Å². The Bertz CT molecular complexity index is 711. The Labute approximate surface area is 228 Å². The van der Waals surface area contributed by atoms with Gasteiger partial charge in [0.25, 0.3) is 0 Å². The maximum absolute atomic E-state index is 11.1. The lowest BCUT2D eigenvalue weighted by atomic mass is 9.98. The van der Waals surface area contributed by atoms with E-state index in [1.54, 1.807) is 7.11 Å². The lowest BCUT2D eigenvalue weighted by Crippen LogP contribution is -2.61. The van der Waals surface area contributed by atoms with E-state index >= 15 is 0 Å². The van der Waals surface area contributed by atoms with Gasteiger partial charge in [0.15, 0.2) is 12.6 Å². The summed E-state index contributed by atoms with van der Waals surface area (Å²) in [4.78, 5) is 9.08. The third-order valence-corrected chi connectivity index (χ3v) is 6.99. The van der Waals surface area contributed by atoms with E-state index in [0.29, 0.717) is 25.9 Å². The molecule has 7 N–H and O–H groups in total. The summed E-state index contributed by atoms with van der Waals surface area (Å²) < 4.78 is 48.5. The number of aliphatic hydroxyl groups excluding tert-OH is 6. The van der Waals surface area contributed by atoms with Crippen LogP contribution in [0.4, 0.5) is 0 Å². The third-order valence-electron chi connectivity index (χ3n) is 6.33. The fraction of sp³-hybridized carbons (Fsp3) is 1.00. The first-order valence-electron chi connectivity index (χ1n) is 13.1. The van der Waals surface area contributed by atoms with Crippen molar-refractivity contribution in [3.63, 3.8) is 0 Å². The first-order chi connectivity index (χ1) is 18.5. The molecule has 0 bridgehead atoms. The van der Waals surface area contributed by atoms with E-state index < -0.39 is 75.6 Å². The maximum atomic E-state index is 11.1. The van der Waals surface area contributed by atoms with E-state index in [0.717, 1.165) is 19.5 Å².